The van der Waals surface area contributed by atoms with E-state index in [0.29, 0.717) is 11.8 Å². The average Bonchev–Trinajstić information content (AvgIpc) is 3.32. The van der Waals surface area contributed by atoms with Crippen molar-refractivity contribution in [1.29, 1.82) is 0 Å². The Labute approximate surface area is 203 Å². The largest absolute Gasteiger partial charge is 0.377 e. The summed E-state index contributed by atoms with van der Waals surface area (Å²) in [6, 6.07) is 2.02. The Bertz CT molecular complexity index is 1140. The third-order valence-electron chi connectivity index (χ3n) is 7.45. The first-order valence-corrected chi connectivity index (χ1v) is 13.7. The third kappa shape index (κ3) is 4.89. The number of nitrogens with one attached hydrogen (secondary N) is 1. The van der Waals surface area contributed by atoms with Crippen molar-refractivity contribution in [3.8, 4) is 0 Å². The van der Waals surface area contributed by atoms with Crippen LogP contribution in [0.4, 0.5) is 0 Å². The molecule has 1 saturated heterocycles. The lowest BCUT2D eigenvalue weighted by Crippen LogP contribution is -2.51. The third-order valence-corrected chi connectivity index (χ3v) is 8.54. The first-order chi connectivity index (χ1) is 16.5. The minimum Gasteiger partial charge on any atom is -0.377 e. The molecule has 2 aliphatic rings. The smallest absolute Gasteiger partial charge is 0.171 e. The molecule has 4 heterocycles. The van der Waals surface area contributed by atoms with Crippen LogP contribution in [0.2, 0.25) is 0 Å². The lowest BCUT2D eigenvalue weighted by Gasteiger charge is -2.42. The molecule has 2 N–H and O–H groups in total. The minimum absolute atomic E-state index is 0.157. The summed E-state index contributed by atoms with van der Waals surface area (Å²) in [4.78, 5) is 11.0. The number of aromatic nitrogens is 4. The van der Waals surface area contributed by atoms with Crippen LogP contribution in [0.1, 0.15) is 64.0 Å². The summed E-state index contributed by atoms with van der Waals surface area (Å²) >= 11 is -1.88. The maximum absolute atomic E-state index is 12.5. The summed E-state index contributed by atoms with van der Waals surface area (Å²) in [5, 5.41) is 10.6. The number of likely N-dealkylation sites (tertiary alicyclic amines) is 1. The number of ether oxygens (including phenoxy) is 1. The summed E-state index contributed by atoms with van der Waals surface area (Å²) < 4.78 is 28.9. The molecule has 3 aromatic rings. The minimum atomic E-state index is -1.88. The second-order valence-corrected chi connectivity index (χ2v) is 11.4. The molecule has 0 amide bonds. The number of fused-ring (bicyclic) bond motifs is 3. The lowest BCUT2D eigenvalue weighted by atomic mass is 9.79. The van der Waals surface area contributed by atoms with E-state index in [4.69, 9.17) is 4.74 Å². The van der Waals surface area contributed by atoms with Crippen LogP contribution in [0.3, 0.4) is 0 Å². The number of H-pyrrole nitrogens is 1. The van der Waals surface area contributed by atoms with Gasteiger partial charge in [-0.1, -0.05) is 13.8 Å². The van der Waals surface area contributed by atoms with Gasteiger partial charge in [0.15, 0.2) is 16.7 Å². The molecule has 34 heavy (non-hydrogen) atoms. The number of pyridine rings is 1. The first kappa shape index (κ1) is 23.8. The van der Waals surface area contributed by atoms with Gasteiger partial charge in [-0.2, -0.15) is 5.10 Å². The topological polar surface area (TPSA) is 104 Å². The maximum Gasteiger partial charge on any atom is 0.171 e. The van der Waals surface area contributed by atoms with E-state index in [1.165, 1.54) is 0 Å². The van der Waals surface area contributed by atoms with Gasteiger partial charge in [0.05, 0.1) is 12.3 Å². The van der Waals surface area contributed by atoms with Crippen LogP contribution < -0.4 is 0 Å². The van der Waals surface area contributed by atoms with Gasteiger partial charge in [-0.25, -0.2) is 14.2 Å². The van der Waals surface area contributed by atoms with E-state index in [0.717, 1.165) is 85.7 Å². The molecule has 0 aromatic carbocycles. The fourth-order valence-corrected chi connectivity index (χ4v) is 6.89. The van der Waals surface area contributed by atoms with Gasteiger partial charge < -0.3 is 9.29 Å². The Hall–Kier alpha value is -1.94. The molecule has 8 nitrogen and oxygen atoms in total. The zero-order valence-corrected chi connectivity index (χ0v) is 20.8. The number of hydrogen-bond donors (Lipinski definition) is 2. The van der Waals surface area contributed by atoms with Crippen molar-refractivity contribution in [3.63, 3.8) is 0 Å². The Morgan fingerprint density at radius 1 is 1.21 bits per heavy atom. The van der Waals surface area contributed by atoms with Crippen molar-refractivity contribution in [2.45, 2.75) is 69.8 Å². The van der Waals surface area contributed by atoms with E-state index in [1.807, 2.05) is 18.5 Å². The van der Waals surface area contributed by atoms with Crippen LogP contribution in [0.15, 0.2) is 24.7 Å². The molecule has 3 aromatic heterocycles. The first-order valence-electron chi connectivity index (χ1n) is 12.5. The highest BCUT2D eigenvalue weighted by Gasteiger charge is 2.38. The fraction of sp³-hybridized carbons (Fsp3) is 0.640. The normalized spacial score (nSPS) is 26.3. The Kier molecular flexibility index (Phi) is 7.24. The number of hydrogen-bond acceptors (Lipinski definition) is 6. The molecule has 1 saturated carbocycles. The molecule has 3 atom stereocenters. The van der Waals surface area contributed by atoms with Gasteiger partial charge in [0.25, 0.3) is 0 Å². The fourth-order valence-electron chi connectivity index (χ4n) is 5.84. The van der Waals surface area contributed by atoms with Gasteiger partial charge in [0.1, 0.15) is 5.37 Å². The predicted molar refractivity (Wildman–Crippen MR) is 134 cm³/mol. The van der Waals surface area contributed by atoms with E-state index >= 15 is 0 Å². The molecular formula is C25H35N5O3S. The van der Waals surface area contributed by atoms with E-state index in [2.05, 4.69) is 38.9 Å². The van der Waals surface area contributed by atoms with Gasteiger partial charge in [0, 0.05) is 53.3 Å². The maximum atomic E-state index is 12.5. The Morgan fingerprint density at radius 3 is 2.79 bits per heavy atom. The number of rotatable bonds is 7. The van der Waals surface area contributed by atoms with Gasteiger partial charge in [-0.3, -0.25) is 10.00 Å². The zero-order valence-electron chi connectivity index (χ0n) is 20.0. The molecule has 3 unspecified atom stereocenters. The van der Waals surface area contributed by atoms with Crippen LogP contribution >= 0.6 is 0 Å². The molecule has 1 aliphatic carbocycles. The van der Waals surface area contributed by atoms with Crippen molar-refractivity contribution in [2.24, 2.45) is 11.8 Å². The molecule has 0 radical (unpaired) electrons. The zero-order chi connectivity index (χ0) is 23.7. The van der Waals surface area contributed by atoms with Crippen molar-refractivity contribution >= 4 is 32.9 Å². The molecule has 1 aliphatic heterocycles. The summed E-state index contributed by atoms with van der Waals surface area (Å²) in [6.45, 7) is 6.68. The van der Waals surface area contributed by atoms with Crippen molar-refractivity contribution in [3.05, 3.63) is 30.4 Å². The van der Waals surface area contributed by atoms with Gasteiger partial charge in [0.2, 0.25) is 0 Å². The molecule has 5 rings (SSSR count). The van der Waals surface area contributed by atoms with E-state index in [1.54, 1.807) is 6.20 Å². The SMILES string of the molecule is CC(C)COC1CCCN(C(C2CCC(c3[nH]ncc4cnc5nccc5c34)CC2)S(=O)O)C1. The van der Waals surface area contributed by atoms with Crippen molar-refractivity contribution in [1.82, 2.24) is 25.1 Å². The molecular weight excluding hydrogens is 450 g/mol. The van der Waals surface area contributed by atoms with E-state index in [9.17, 15) is 8.76 Å². The van der Waals surface area contributed by atoms with Crippen LogP contribution in [-0.2, 0) is 15.8 Å². The predicted octanol–water partition coefficient (Wildman–Crippen LogP) is 4.46. The highest BCUT2D eigenvalue weighted by Crippen LogP contribution is 2.41. The monoisotopic (exact) mass is 485 g/mol. The van der Waals surface area contributed by atoms with Crippen LogP contribution in [-0.4, -0.2) is 65.0 Å². The molecule has 2 fully saturated rings. The van der Waals surface area contributed by atoms with E-state index < -0.39 is 11.1 Å². The highest BCUT2D eigenvalue weighted by molar-refractivity contribution is 7.79. The second kappa shape index (κ2) is 10.4. The number of aromatic amines is 1. The van der Waals surface area contributed by atoms with Gasteiger partial charge in [-0.05, 0) is 63.0 Å². The van der Waals surface area contributed by atoms with Crippen LogP contribution in [0.25, 0.3) is 21.8 Å². The average molecular weight is 486 g/mol. The van der Waals surface area contributed by atoms with Crippen LogP contribution in [0, 0.1) is 11.8 Å². The number of nitrogens with zero attached hydrogens (tertiary/aromatic N) is 4. The van der Waals surface area contributed by atoms with Gasteiger partial charge >= 0.3 is 0 Å². The summed E-state index contributed by atoms with van der Waals surface area (Å²) in [7, 11) is 0. The highest BCUT2D eigenvalue weighted by atomic mass is 32.2. The lowest BCUT2D eigenvalue weighted by molar-refractivity contribution is -0.0216. The Morgan fingerprint density at radius 2 is 2.03 bits per heavy atom. The van der Waals surface area contributed by atoms with Crippen LogP contribution in [0.5, 0.6) is 0 Å². The summed E-state index contributed by atoms with van der Waals surface area (Å²) in [5.41, 5.74) is 1.90. The summed E-state index contributed by atoms with van der Waals surface area (Å²) in [6.07, 6.45) is 11.5. The number of piperidine rings is 1. The second-order valence-electron chi connectivity index (χ2n) is 10.3. The summed E-state index contributed by atoms with van der Waals surface area (Å²) in [5.74, 6) is 1.04. The van der Waals surface area contributed by atoms with Gasteiger partial charge in [-0.15, -0.1) is 0 Å². The quantitative estimate of drug-likeness (QED) is 0.476. The molecule has 9 heteroatoms. The van der Waals surface area contributed by atoms with Crippen molar-refractivity contribution < 1.29 is 13.5 Å². The Balaban J connectivity index is 1.30. The molecule has 184 valence electrons. The molecule has 0 spiro atoms. The van der Waals surface area contributed by atoms with Crippen molar-refractivity contribution in [2.75, 3.05) is 19.7 Å². The molecule has 0 bridgehead atoms. The van der Waals surface area contributed by atoms with E-state index in [-0.39, 0.29) is 17.4 Å². The standard InChI is InChI=1S/C25H35N5O3S/c1-16(2)15-33-20-4-3-11-30(14-20)25(34(31)32)18-7-5-17(6-8-18)23-22-19(13-28-29-23)12-27-24-21(22)9-10-26-24/h9-10,12-13,16-18,20,25,29H,3-8,11,14-15H2,1-2H3,(H,31,32).